The molecule has 1 aliphatic heterocycles. The maximum absolute atomic E-state index is 5.65. The highest BCUT2D eigenvalue weighted by Crippen LogP contribution is 2.28. The topological polar surface area (TPSA) is 47.0 Å². The number of rotatable bonds is 6. The van der Waals surface area contributed by atoms with Crippen LogP contribution in [0.25, 0.3) is 0 Å². The maximum Gasteiger partial charge on any atom is 0.133 e. The van der Waals surface area contributed by atoms with Crippen molar-refractivity contribution in [2.45, 2.75) is 44.2 Å². The fourth-order valence-electron chi connectivity index (χ4n) is 2.11. The number of anilines is 1. The molecule has 0 bridgehead atoms. The SMILES string of the molecule is CCNc1ncnc(SCC2CCCO2)c1CC. The van der Waals surface area contributed by atoms with E-state index in [0.29, 0.717) is 6.10 Å². The van der Waals surface area contributed by atoms with E-state index in [4.69, 9.17) is 4.74 Å². The standard InChI is InChI=1S/C13H21N3OS/c1-3-11-12(14-4-2)15-9-16-13(11)18-8-10-6-5-7-17-10/h9-10H,3-8H2,1-2H3,(H,14,15,16). The predicted octanol–water partition coefficient (Wildman–Crippen LogP) is 2.74. The molecule has 18 heavy (non-hydrogen) atoms. The summed E-state index contributed by atoms with van der Waals surface area (Å²) in [7, 11) is 0. The van der Waals surface area contributed by atoms with Crippen molar-refractivity contribution in [1.82, 2.24) is 9.97 Å². The summed E-state index contributed by atoms with van der Waals surface area (Å²) in [5.41, 5.74) is 1.22. The van der Waals surface area contributed by atoms with Crippen molar-refractivity contribution < 1.29 is 4.74 Å². The highest BCUT2D eigenvalue weighted by atomic mass is 32.2. The Morgan fingerprint density at radius 2 is 2.33 bits per heavy atom. The van der Waals surface area contributed by atoms with Crippen molar-refractivity contribution in [3.63, 3.8) is 0 Å². The summed E-state index contributed by atoms with van der Waals surface area (Å²) >= 11 is 1.79. The Balaban J connectivity index is 2.03. The van der Waals surface area contributed by atoms with Crippen LogP contribution in [0.15, 0.2) is 11.4 Å². The van der Waals surface area contributed by atoms with Crippen LogP contribution >= 0.6 is 11.8 Å². The zero-order valence-electron chi connectivity index (χ0n) is 11.1. The molecule has 2 rings (SSSR count). The van der Waals surface area contributed by atoms with E-state index in [0.717, 1.165) is 36.2 Å². The number of aromatic nitrogens is 2. The quantitative estimate of drug-likeness (QED) is 0.634. The van der Waals surface area contributed by atoms with Gasteiger partial charge in [0.2, 0.25) is 0 Å². The monoisotopic (exact) mass is 267 g/mol. The predicted molar refractivity (Wildman–Crippen MR) is 75.3 cm³/mol. The molecule has 2 heterocycles. The summed E-state index contributed by atoms with van der Waals surface area (Å²) in [6.07, 6.45) is 5.38. The minimum Gasteiger partial charge on any atom is -0.377 e. The van der Waals surface area contributed by atoms with Crippen LogP contribution in [0, 0.1) is 0 Å². The average molecular weight is 267 g/mol. The van der Waals surface area contributed by atoms with E-state index in [9.17, 15) is 0 Å². The normalized spacial score (nSPS) is 19.1. The second-order valence-corrected chi connectivity index (χ2v) is 5.34. The molecule has 1 aromatic rings. The lowest BCUT2D eigenvalue weighted by Crippen LogP contribution is -2.10. The molecule has 5 heteroatoms. The van der Waals surface area contributed by atoms with Crippen molar-refractivity contribution in [3.8, 4) is 0 Å². The van der Waals surface area contributed by atoms with Crippen LogP contribution in [0.1, 0.15) is 32.3 Å². The Morgan fingerprint density at radius 3 is 3.00 bits per heavy atom. The number of ether oxygens (including phenoxy) is 1. The van der Waals surface area contributed by atoms with E-state index >= 15 is 0 Å². The summed E-state index contributed by atoms with van der Waals surface area (Å²) in [5, 5.41) is 4.40. The Bertz CT molecular complexity index is 380. The summed E-state index contributed by atoms with van der Waals surface area (Å²) in [4.78, 5) is 8.72. The molecule has 1 saturated heterocycles. The molecule has 0 amide bonds. The van der Waals surface area contributed by atoms with Gasteiger partial charge in [-0.05, 0) is 26.2 Å². The molecule has 0 spiro atoms. The molecule has 0 radical (unpaired) electrons. The van der Waals surface area contributed by atoms with E-state index in [1.807, 2.05) is 0 Å². The van der Waals surface area contributed by atoms with Crippen LogP contribution in [-0.2, 0) is 11.2 Å². The smallest absolute Gasteiger partial charge is 0.133 e. The molecule has 0 aromatic carbocycles. The maximum atomic E-state index is 5.65. The Kier molecular flexibility index (Phi) is 5.26. The molecule has 1 unspecified atom stereocenters. The lowest BCUT2D eigenvalue weighted by atomic mass is 10.2. The van der Waals surface area contributed by atoms with Crippen LogP contribution in [0.2, 0.25) is 0 Å². The third kappa shape index (κ3) is 3.36. The molecule has 1 aliphatic rings. The number of nitrogens with one attached hydrogen (secondary N) is 1. The molecule has 4 nitrogen and oxygen atoms in total. The van der Waals surface area contributed by atoms with Gasteiger partial charge < -0.3 is 10.1 Å². The zero-order valence-corrected chi connectivity index (χ0v) is 11.9. The Morgan fingerprint density at radius 1 is 1.44 bits per heavy atom. The summed E-state index contributed by atoms with van der Waals surface area (Å²) in [6.45, 7) is 6.04. The molecule has 1 atom stereocenters. The average Bonchev–Trinajstić information content (AvgIpc) is 2.90. The van der Waals surface area contributed by atoms with Crippen molar-refractivity contribution in [2.24, 2.45) is 0 Å². The van der Waals surface area contributed by atoms with Crippen molar-refractivity contribution in [2.75, 3.05) is 24.2 Å². The van der Waals surface area contributed by atoms with Gasteiger partial charge in [0.25, 0.3) is 0 Å². The first-order valence-corrected chi connectivity index (χ1v) is 7.65. The van der Waals surface area contributed by atoms with Gasteiger partial charge in [0.1, 0.15) is 17.2 Å². The number of thioether (sulfide) groups is 1. The van der Waals surface area contributed by atoms with Gasteiger partial charge >= 0.3 is 0 Å². The molecule has 100 valence electrons. The van der Waals surface area contributed by atoms with Crippen LogP contribution in [0.3, 0.4) is 0 Å². The van der Waals surface area contributed by atoms with Gasteiger partial charge in [0.15, 0.2) is 0 Å². The van der Waals surface area contributed by atoms with Crippen molar-refractivity contribution in [1.29, 1.82) is 0 Å². The second-order valence-electron chi connectivity index (χ2n) is 4.34. The molecule has 1 aromatic heterocycles. The molecule has 0 saturated carbocycles. The van der Waals surface area contributed by atoms with Crippen LogP contribution in [-0.4, -0.2) is 35.0 Å². The van der Waals surface area contributed by atoms with Gasteiger partial charge in [-0.15, -0.1) is 11.8 Å². The van der Waals surface area contributed by atoms with Crippen LogP contribution < -0.4 is 5.32 Å². The number of hydrogen-bond donors (Lipinski definition) is 1. The first kappa shape index (κ1) is 13.6. The Labute approximate surface area is 113 Å². The molecule has 0 aliphatic carbocycles. The van der Waals surface area contributed by atoms with E-state index < -0.39 is 0 Å². The van der Waals surface area contributed by atoms with Gasteiger partial charge in [-0.3, -0.25) is 0 Å². The molecular weight excluding hydrogens is 246 g/mol. The van der Waals surface area contributed by atoms with Crippen molar-refractivity contribution >= 4 is 17.6 Å². The van der Waals surface area contributed by atoms with Crippen molar-refractivity contribution in [3.05, 3.63) is 11.9 Å². The van der Waals surface area contributed by atoms with Gasteiger partial charge in [-0.25, -0.2) is 9.97 Å². The third-order valence-corrected chi connectivity index (χ3v) is 4.20. The highest BCUT2D eigenvalue weighted by Gasteiger charge is 2.17. The summed E-state index contributed by atoms with van der Waals surface area (Å²) in [6, 6.07) is 0. The number of nitrogens with zero attached hydrogens (tertiary/aromatic N) is 2. The molecule has 1 fully saturated rings. The summed E-state index contributed by atoms with van der Waals surface area (Å²) < 4.78 is 5.65. The van der Waals surface area contributed by atoms with E-state index in [1.54, 1.807) is 18.1 Å². The van der Waals surface area contributed by atoms with Gasteiger partial charge in [-0.2, -0.15) is 0 Å². The minimum atomic E-state index is 0.400. The fourth-order valence-corrected chi connectivity index (χ4v) is 3.25. The van der Waals surface area contributed by atoms with Gasteiger partial charge in [-0.1, -0.05) is 6.92 Å². The lowest BCUT2D eigenvalue weighted by molar-refractivity contribution is 0.129. The highest BCUT2D eigenvalue weighted by molar-refractivity contribution is 7.99. The fraction of sp³-hybridized carbons (Fsp3) is 0.692. The third-order valence-electron chi connectivity index (χ3n) is 3.03. The van der Waals surface area contributed by atoms with Crippen LogP contribution in [0.4, 0.5) is 5.82 Å². The zero-order chi connectivity index (χ0) is 12.8. The molecular formula is C13H21N3OS. The number of hydrogen-bond acceptors (Lipinski definition) is 5. The first-order chi connectivity index (χ1) is 8.85. The van der Waals surface area contributed by atoms with E-state index in [1.165, 1.54) is 18.4 Å². The molecule has 1 N–H and O–H groups in total. The van der Waals surface area contributed by atoms with E-state index in [-0.39, 0.29) is 0 Å². The lowest BCUT2D eigenvalue weighted by Gasteiger charge is -2.13. The second kappa shape index (κ2) is 6.95. The van der Waals surface area contributed by atoms with Gasteiger partial charge in [0, 0.05) is 24.5 Å². The van der Waals surface area contributed by atoms with Crippen LogP contribution in [0.5, 0.6) is 0 Å². The van der Waals surface area contributed by atoms with Gasteiger partial charge in [0.05, 0.1) is 6.10 Å². The van der Waals surface area contributed by atoms with E-state index in [2.05, 4.69) is 29.1 Å². The largest absolute Gasteiger partial charge is 0.377 e. The Hall–Kier alpha value is -0.810. The minimum absolute atomic E-state index is 0.400. The summed E-state index contributed by atoms with van der Waals surface area (Å²) in [5.74, 6) is 1.97. The first-order valence-electron chi connectivity index (χ1n) is 6.67.